The SMILES string of the molecule is CCCc1c(NN)ncnc1Nc1ccc(Br)cc1Br. The molecule has 0 aliphatic rings. The molecule has 0 spiro atoms. The van der Waals surface area contributed by atoms with Crippen molar-refractivity contribution < 1.29 is 0 Å². The van der Waals surface area contributed by atoms with Gasteiger partial charge in [0.1, 0.15) is 18.0 Å². The van der Waals surface area contributed by atoms with Crippen LogP contribution in [0.2, 0.25) is 0 Å². The fourth-order valence-corrected chi connectivity index (χ4v) is 3.00. The number of nitrogens with one attached hydrogen (secondary N) is 2. The van der Waals surface area contributed by atoms with Crippen molar-refractivity contribution in [1.29, 1.82) is 0 Å². The van der Waals surface area contributed by atoms with Crippen molar-refractivity contribution in [3.63, 3.8) is 0 Å². The Hall–Kier alpha value is -1.18. The third-order valence-corrected chi connectivity index (χ3v) is 3.92. The molecule has 0 saturated carbocycles. The van der Waals surface area contributed by atoms with E-state index >= 15 is 0 Å². The second-order valence-electron chi connectivity index (χ2n) is 4.19. The third-order valence-electron chi connectivity index (χ3n) is 2.77. The van der Waals surface area contributed by atoms with Crippen LogP contribution in [0.4, 0.5) is 17.3 Å². The van der Waals surface area contributed by atoms with Crippen molar-refractivity contribution in [3.8, 4) is 0 Å². The summed E-state index contributed by atoms with van der Waals surface area (Å²) in [7, 11) is 0. The van der Waals surface area contributed by atoms with E-state index in [-0.39, 0.29) is 0 Å². The molecular formula is C13H15Br2N5. The fraction of sp³-hybridized carbons (Fsp3) is 0.231. The Bertz CT molecular complexity index is 603. The summed E-state index contributed by atoms with van der Waals surface area (Å²) in [5.41, 5.74) is 4.54. The van der Waals surface area contributed by atoms with Crippen LogP contribution in [-0.2, 0) is 6.42 Å². The number of nitrogens with two attached hydrogens (primary N) is 1. The van der Waals surface area contributed by atoms with Gasteiger partial charge in [-0.1, -0.05) is 29.3 Å². The Morgan fingerprint density at radius 1 is 1.20 bits per heavy atom. The first kappa shape index (κ1) is 15.2. The predicted octanol–water partition coefficient (Wildman–Crippen LogP) is 3.98. The molecule has 1 aromatic carbocycles. The molecule has 5 nitrogen and oxygen atoms in total. The number of hydrogen-bond donors (Lipinski definition) is 3. The first-order valence-corrected chi connectivity index (χ1v) is 7.76. The van der Waals surface area contributed by atoms with E-state index in [9.17, 15) is 0 Å². The molecule has 106 valence electrons. The summed E-state index contributed by atoms with van der Waals surface area (Å²) in [4.78, 5) is 8.46. The van der Waals surface area contributed by atoms with Gasteiger partial charge in [0, 0.05) is 14.5 Å². The highest BCUT2D eigenvalue weighted by Gasteiger charge is 2.11. The normalized spacial score (nSPS) is 10.4. The van der Waals surface area contributed by atoms with E-state index in [0.29, 0.717) is 5.82 Å². The number of benzene rings is 1. The number of hydrazine groups is 1. The molecule has 0 amide bonds. The summed E-state index contributed by atoms with van der Waals surface area (Å²) >= 11 is 6.96. The monoisotopic (exact) mass is 399 g/mol. The second-order valence-corrected chi connectivity index (χ2v) is 5.96. The summed E-state index contributed by atoms with van der Waals surface area (Å²) in [6, 6.07) is 5.92. The molecule has 0 atom stereocenters. The highest BCUT2D eigenvalue weighted by Crippen LogP contribution is 2.30. The quantitative estimate of drug-likeness (QED) is 0.522. The van der Waals surface area contributed by atoms with E-state index in [4.69, 9.17) is 5.84 Å². The smallest absolute Gasteiger partial charge is 0.148 e. The molecule has 0 radical (unpaired) electrons. The predicted molar refractivity (Wildman–Crippen MR) is 89.0 cm³/mol. The lowest BCUT2D eigenvalue weighted by Crippen LogP contribution is -2.13. The number of hydrogen-bond acceptors (Lipinski definition) is 5. The van der Waals surface area contributed by atoms with Crippen LogP contribution in [-0.4, -0.2) is 9.97 Å². The molecule has 7 heteroatoms. The molecule has 2 rings (SSSR count). The minimum atomic E-state index is 0.651. The average molecular weight is 401 g/mol. The average Bonchev–Trinajstić information content (AvgIpc) is 2.43. The zero-order chi connectivity index (χ0) is 14.5. The van der Waals surface area contributed by atoms with Crippen LogP contribution in [0.1, 0.15) is 18.9 Å². The minimum absolute atomic E-state index is 0.651. The van der Waals surface area contributed by atoms with E-state index in [1.165, 1.54) is 6.33 Å². The maximum atomic E-state index is 5.51. The Morgan fingerprint density at radius 3 is 2.60 bits per heavy atom. The second kappa shape index (κ2) is 7.01. The van der Waals surface area contributed by atoms with Crippen molar-refractivity contribution in [1.82, 2.24) is 9.97 Å². The zero-order valence-corrected chi connectivity index (χ0v) is 14.1. The molecule has 0 saturated heterocycles. The zero-order valence-electron chi connectivity index (χ0n) is 11.0. The van der Waals surface area contributed by atoms with Gasteiger partial charge in [-0.3, -0.25) is 0 Å². The molecule has 20 heavy (non-hydrogen) atoms. The van der Waals surface area contributed by atoms with E-state index in [2.05, 4.69) is 59.5 Å². The highest BCUT2D eigenvalue weighted by atomic mass is 79.9. The van der Waals surface area contributed by atoms with Crippen LogP contribution < -0.4 is 16.6 Å². The van der Waals surface area contributed by atoms with E-state index in [0.717, 1.165) is 38.9 Å². The lowest BCUT2D eigenvalue weighted by Gasteiger charge is -2.14. The number of aromatic nitrogens is 2. The van der Waals surface area contributed by atoms with Gasteiger partial charge < -0.3 is 10.7 Å². The van der Waals surface area contributed by atoms with Crippen molar-refractivity contribution in [2.75, 3.05) is 10.7 Å². The maximum absolute atomic E-state index is 5.51. The van der Waals surface area contributed by atoms with Crippen LogP contribution in [0.15, 0.2) is 33.5 Å². The van der Waals surface area contributed by atoms with Gasteiger partial charge in [0.2, 0.25) is 0 Å². The molecule has 0 aliphatic heterocycles. The first-order valence-electron chi connectivity index (χ1n) is 6.18. The summed E-state index contributed by atoms with van der Waals surface area (Å²) in [5.74, 6) is 6.92. The van der Waals surface area contributed by atoms with Gasteiger partial charge in [-0.05, 0) is 40.5 Å². The van der Waals surface area contributed by atoms with Crippen LogP contribution in [0.25, 0.3) is 0 Å². The number of rotatable bonds is 5. The molecular weight excluding hydrogens is 386 g/mol. The van der Waals surface area contributed by atoms with Gasteiger partial charge in [-0.25, -0.2) is 15.8 Å². The molecule has 0 fully saturated rings. The van der Waals surface area contributed by atoms with E-state index < -0.39 is 0 Å². The Labute approximate surface area is 134 Å². The maximum Gasteiger partial charge on any atom is 0.148 e. The summed E-state index contributed by atoms with van der Waals surface area (Å²) in [6.45, 7) is 2.10. The molecule has 0 bridgehead atoms. The fourth-order valence-electron chi connectivity index (χ4n) is 1.85. The summed E-state index contributed by atoms with van der Waals surface area (Å²) in [5, 5.41) is 3.31. The van der Waals surface area contributed by atoms with Crippen LogP contribution >= 0.6 is 31.9 Å². The molecule has 0 aliphatic carbocycles. The van der Waals surface area contributed by atoms with Gasteiger partial charge in [-0.2, -0.15) is 0 Å². The molecule has 4 N–H and O–H groups in total. The number of nitrogen functional groups attached to an aromatic ring is 1. The standard InChI is InChI=1S/C13H15Br2N5/c1-2-3-9-12(17-7-18-13(9)20-16)19-11-5-4-8(14)6-10(11)15/h4-7H,2-3,16H2,1H3,(H2,17,18,19,20). The summed E-state index contributed by atoms with van der Waals surface area (Å²) < 4.78 is 1.96. The first-order chi connectivity index (χ1) is 9.65. The molecule has 0 unspecified atom stereocenters. The minimum Gasteiger partial charge on any atom is -0.339 e. The van der Waals surface area contributed by atoms with Crippen molar-refractivity contribution in [3.05, 3.63) is 39.0 Å². The van der Waals surface area contributed by atoms with Crippen LogP contribution in [0.3, 0.4) is 0 Å². The topological polar surface area (TPSA) is 75.9 Å². The number of anilines is 3. The van der Waals surface area contributed by atoms with Gasteiger partial charge in [-0.15, -0.1) is 0 Å². The van der Waals surface area contributed by atoms with E-state index in [1.54, 1.807) is 0 Å². The largest absolute Gasteiger partial charge is 0.339 e. The van der Waals surface area contributed by atoms with E-state index in [1.807, 2.05) is 18.2 Å². The van der Waals surface area contributed by atoms with Crippen molar-refractivity contribution >= 4 is 49.2 Å². The Balaban J connectivity index is 2.37. The summed E-state index contributed by atoms with van der Waals surface area (Å²) in [6.07, 6.45) is 3.32. The van der Waals surface area contributed by atoms with Gasteiger partial charge in [0.05, 0.1) is 5.69 Å². The number of nitrogens with zero attached hydrogens (tertiary/aromatic N) is 2. The Morgan fingerprint density at radius 2 is 1.95 bits per heavy atom. The van der Waals surface area contributed by atoms with Crippen LogP contribution in [0, 0.1) is 0 Å². The number of halogens is 2. The molecule has 2 aromatic rings. The van der Waals surface area contributed by atoms with Crippen LogP contribution in [0.5, 0.6) is 0 Å². The highest BCUT2D eigenvalue weighted by molar-refractivity contribution is 9.11. The lowest BCUT2D eigenvalue weighted by molar-refractivity contribution is 0.903. The van der Waals surface area contributed by atoms with Gasteiger partial charge in [0.25, 0.3) is 0 Å². The van der Waals surface area contributed by atoms with Crippen molar-refractivity contribution in [2.24, 2.45) is 5.84 Å². The molecule has 1 aromatic heterocycles. The lowest BCUT2D eigenvalue weighted by atomic mass is 10.1. The Kier molecular flexibility index (Phi) is 5.33. The third kappa shape index (κ3) is 3.47. The van der Waals surface area contributed by atoms with Crippen molar-refractivity contribution in [2.45, 2.75) is 19.8 Å². The molecule has 1 heterocycles. The van der Waals surface area contributed by atoms with Gasteiger partial charge >= 0.3 is 0 Å². The van der Waals surface area contributed by atoms with Gasteiger partial charge in [0.15, 0.2) is 0 Å².